The maximum Gasteiger partial charge on any atom is 0.164 e. The number of benzene rings is 2. The Labute approximate surface area is 170 Å². The van der Waals surface area contributed by atoms with Gasteiger partial charge in [-0.2, -0.15) is 0 Å². The molecule has 0 saturated heterocycles. The van der Waals surface area contributed by atoms with Gasteiger partial charge in [-0.25, -0.2) is 9.97 Å². The highest BCUT2D eigenvalue weighted by Gasteiger charge is 2.16. The fraction of sp³-hybridized carbons (Fsp3) is 0.227. The van der Waals surface area contributed by atoms with Crippen LogP contribution in [0.2, 0.25) is 0 Å². The van der Waals surface area contributed by atoms with Gasteiger partial charge >= 0.3 is 0 Å². The lowest BCUT2D eigenvalue weighted by molar-refractivity contribution is 0.356. The average molecular weight is 391 g/mol. The van der Waals surface area contributed by atoms with Crippen LogP contribution in [0.15, 0.2) is 41.9 Å². The first-order valence-electron chi connectivity index (χ1n) is 9.29. The minimum atomic E-state index is 0.478. The summed E-state index contributed by atoms with van der Waals surface area (Å²) >= 11 is 0. The maximum absolute atomic E-state index is 5.69. The van der Waals surface area contributed by atoms with E-state index in [-0.39, 0.29) is 0 Å². The SMILES string of the molecule is C=Cc1cccc(-c2nc(NCCN)c3cc(OC)c(OC)cc3n2)c1/N=C\C. The van der Waals surface area contributed by atoms with E-state index in [4.69, 9.17) is 25.2 Å². The largest absolute Gasteiger partial charge is 0.493 e. The molecule has 1 aromatic heterocycles. The van der Waals surface area contributed by atoms with Crippen molar-refractivity contribution in [1.82, 2.24) is 9.97 Å². The van der Waals surface area contributed by atoms with Gasteiger partial charge in [0.1, 0.15) is 5.82 Å². The Bertz CT molecular complexity index is 1060. The van der Waals surface area contributed by atoms with Crippen molar-refractivity contribution in [3.05, 3.63) is 42.5 Å². The number of nitrogens with zero attached hydrogens (tertiary/aromatic N) is 3. The van der Waals surface area contributed by atoms with E-state index >= 15 is 0 Å². The first kappa shape index (κ1) is 20.3. The van der Waals surface area contributed by atoms with E-state index in [0.29, 0.717) is 36.2 Å². The van der Waals surface area contributed by atoms with E-state index in [0.717, 1.165) is 27.7 Å². The number of nitrogens with two attached hydrogens (primary N) is 1. The maximum atomic E-state index is 5.69. The summed E-state index contributed by atoms with van der Waals surface area (Å²) in [4.78, 5) is 14.1. The normalized spacial score (nSPS) is 11.0. The first-order valence-corrected chi connectivity index (χ1v) is 9.29. The number of ether oxygens (including phenoxy) is 2. The van der Waals surface area contributed by atoms with E-state index < -0.39 is 0 Å². The van der Waals surface area contributed by atoms with Gasteiger partial charge in [-0.05, 0) is 19.1 Å². The Morgan fingerprint density at radius 1 is 1.17 bits per heavy atom. The third-order valence-corrected chi connectivity index (χ3v) is 4.42. The van der Waals surface area contributed by atoms with Gasteiger partial charge in [-0.15, -0.1) is 0 Å². The standard InChI is InChI=1S/C22H25N5O2/c1-5-14-8-7-9-15(20(14)24-6-2)22-26-17-13-19(29-4)18(28-3)12-16(17)21(27-22)25-11-10-23/h5-9,12-13H,1,10-11,23H2,2-4H3,(H,25,26,27)/b24-6-. The number of aliphatic imine (C=N–C) groups is 1. The van der Waals surface area contributed by atoms with Crippen molar-refractivity contribution in [1.29, 1.82) is 0 Å². The summed E-state index contributed by atoms with van der Waals surface area (Å²) in [6, 6.07) is 9.55. The first-order chi connectivity index (χ1) is 14.2. The van der Waals surface area contributed by atoms with Crippen molar-refractivity contribution in [2.45, 2.75) is 6.92 Å². The molecule has 3 N–H and O–H groups in total. The summed E-state index contributed by atoms with van der Waals surface area (Å²) in [6.07, 6.45) is 3.52. The molecule has 0 aliphatic rings. The second kappa shape index (κ2) is 9.16. The van der Waals surface area contributed by atoms with Crippen LogP contribution in [0, 0.1) is 0 Å². The van der Waals surface area contributed by atoms with Crippen LogP contribution in [-0.2, 0) is 0 Å². The molecular weight excluding hydrogens is 366 g/mol. The van der Waals surface area contributed by atoms with Gasteiger partial charge in [0.2, 0.25) is 0 Å². The predicted molar refractivity (Wildman–Crippen MR) is 120 cm³/mol. The van der Waals surface area contributed by atoms with Crippen molar-refractivity contribution in [3.63, 3.8) is 0 Å². The Balaban J connectivity index is 2.31. The van der Waals surface area contributed by atoms with Crippen molar-refractivity contribution >= 4 is 34.7 Å². The summed E-state index contributed by atoms with van der Waals surface area (Å²) in [5.41, 5.74) is 8.91. The monoisotopic (exact) mass is 391 g/mol. The zero-order valence-electron chi connectivity index (χ0n) is 16.9. The van der Waals surface area contributed by atoms with Crippen LogP contribution in [0.25, 0.3) is 28.4 Å². The number of hydrogen-bond donors (Lipinski definition) is 2. The van der Waals surface area contributed by atoms with Gasteiger partial charge < -0.3 is 20.5 Å². The molecule has 0 spiro atoms. The molecule has 2 aromatic carbocycles. The molecule has 7 nitrogen and oxygen atoms in total. The molecule has 3 aromatic rings. The molecule has 0 amide bonds. The molecule has 0 aliphatic heterocycles. The second-order valence-electron chi connectivity index (χ2n) is 6.17. The Morgan fingerprint density at radius 2 is 1.93 bits per heavy atom. The number of rotatable bonds is 8. The molecule has 0 aliphatic carbocycles. The van der Waals surface area contributed by atoms with Crippen LogP contribution in [0.1, 0.15) is 12.5 Å². The van der Waals surface area contributed by atoms with E-state index in [1.165, 1.54) is 0 Å². The number of anilines is 1. The predicted octanol–water partition coefficient (Wildman–Crippen LogP) is 4.05. The molecule has 29 heavy (non-hydrogen) atoms. The van der Waals surface area contributed by atoms with Crippen LogP contribution in [0.5, 0.6) is 11.5 Å². The molecule has 1 heterocycles. The quantitative estimate of drug-likeness (QED) is 0.563. The lowest BCUT2D eigenvalue weighted by Crippen LogP contribution is -2.14. The fourth-order valence-corrected chi connectivity index (χ4v) is 3.08. The van der Waals surface area contributed by atoms with E-state index in [2.05, 4.69) is 16.9 Å². The van der Waals surface area contributed by atoms with Crippen LogP contribution < -0.4 is 20.5 Å². The highest BCUT2D eigenvalue weighted by atomic mass is 16.5. The number of fused-ring (bicyclic) bond motifs is 1. The van der Waals surface area contributed by atoms with Gasteiger partial charge in [0, 0.05) is 41.9 Å². The fourth-order valence-electron chi connectivity index (χ4n) is 3.08. The summed E-state index contributed by atoms with van der Waals surface area (Å²) in [5.74, 6) is 2.43. The average Bonchev–Trinajstić information content (AvgIpc) is 2.76. The van der Waals surface area contributed by atoms with Gasteiger partial charge in [0.05, 0.1) is 25.4 Å². The van der Waals surface area contributed by atoms with Crippen LogP contribution >= 0.6 is 0 Å². The van der Waals surface area contributed by atoms with E-state index in [1.807, 2.05) is 37.3 Å². The number of methoxy groups -OCH3 is 2. The zero-order valence-corrected chi connectivity index (χ0v) is 16.9. The van der Waals surface area contributed by atoms with E-state index in [1.54, 1.807) is 26.5 Å². The molecule has 0 saturated carbocycles. The Kier molecular flexibility index (Phi) is 6.41. The summed E-state index contributed by atoms with van der Waals surface area (Å²) in [5, 5.41) is 4.10. The Hall–Kier alpha value is -3.45. The van der Waals surface area contributed by atoms with Gasteiger partial charge in [-0.1, -0.05) is 24.8 Å². The van der Waals surface area contributed by atoms with Gasteiger partial charge in [-0.3, -0.25) is 4.99 Å². The number of hydrogen-bond acceptors (Lipinski definition) is 7. The summed E-state index contributed by atoms with van der Waals surface area (Å²) in [6.45, 7) is 6.81. The van der Waals surface area contributed by atoms with E-state index in [9.17, 15) is 0 Å². The van der Waals surface area contributed by atoms with Gasteiger partial charge in [0.25, 0.3) is 0 Å². The van der Waals surface area contributed by atoms with Crippen molar-refractivity contribution in [2.24, 2.45) is 10.7 Å². The summed E-state index contributed by atoms with van der Waals surface area (Å²) in [7, 11) is 3.20. The summed E-state index contributed by atoms with van der Waals surface area (Å²) < 4.78 is 10.9. The van der Waals surface area contributed by atoms with Gasteiger partial charge in [0.15, 0.2) is 17.3 Å². The molecule has 150 valence electrons. The highest BCUT2D eigenvalue weighted by molar-refractivity contribution is 5.94. The second-order valence-corrected chi connectivity index (χ2v) is 6.17. The van der Waals surface area contributed by atoms with Crippen LogP contribution in [0.4, 0.5) is 11.5 Å². The molecule has 3 rings (SSSR count). The molecule has 7 heteroatoms. The zero-order chi connectivity index (χ0) is 20.8. The molecule has 0 unspecified atom stereocenters. The van der Waals surface area contributed by atoms with Crippen molar-refractivity contribution in [3.8, 4) is 22.9 Å². The molecule has 0 fully saturated rings. The number of nitrogens with one attached hydrogen (secondary N) is 1. The topological polar surface area (TPSA) is 94.7 Å². The van der Waals surface area contributed by atoms with Crippen molar-refractivity contribution < 1.29 is 9.47 Å². The smallest absolute Gasteiger partial charge is 0.164 e. The molecule has 0 radical (unpaired) electrons. The third kappa shape index (κ3) is 4.05. The lowest BCUT2D eigenvalue weighted by Gasteiger charge is -2.15. The van der Waals surface area contributed by atoms with Crippen molar-refractivity contribution in [2.75, 3.05) is 32.6 Å². The lowest BCUT2D eigenvalue weighted by atomic mass is 10.1. The minimum Gasteiger partial charge on any atom is -0.493 e. The van der Waals surface area contributed by atoms with Crippen LogP contribution in [-0.4, -0.2) is 43.5 Å². The minimum absolute atomic E-state index is 0.478. The Morgan fingerprint density at radius 3 is 2.59 bits per heavy atom. The van der Waals surface area contributed by atoms with Crippen LogP contribution in [0.3, 0.4) is 0 Å². The number of aromatic nitrogens is 2. The third-order valence-electron chi connectivity index (χ3n) is 4.42. The highest BCUT2D eigenvalue weighted by Crippen LogP contribution is 2.37. The number of para-hydroxylation sites is 1. The molecule has 0 bridgehead atoms. The molecule has 0 atom stereocenters. The molecular formula is C22H25N5O2.